The van der Waals surface area contributed by atoms with Crippen LogP contribution in [0.25, 0.3) is 0 Å². The number of nitrogens with zero attached hydrogens (tertiary/aromatic N) is 4. The number of hydrogen-bond donors (Lipinski definition) is 0. The number of ether oxygens (including phenoxy) is 1. The third kappa shape index (κ3) is 4.99. The lowest BCUT2D eigenvalue weighted by atomic mass is 10.0. The van der Waals surface area contributed by atoms with E-state index in [-0.39, 0.29) is 17.3 Å². The van der Waals surface area contributed by atoms with Crippen molar-refractivity contribution in [3.05, 3.63) is 33.9 Å². The molecule has 1 aromatic carbocycles. The van der Waals surface area contributed by atoms with Crippen molar-refractivity contribution in [2.75, 3.05) is 46.4 Å². The number of nitro groups is 1. The Bertz CT molecular complexity index is 703. The molecule has 0 saturated carbocycles. The highest BCUT2D eigenvalue weighted by molar-refractivity contribution is 5.78. The monoisotopic (exact) mass is 390 g/mol. The first-order valence-electron chi connectivity index (χ1n) is 10.0. The van der Waals surface area contributed by atoms with Crippen LogP contribution in [-0.4, -0.2) is 78.0 Å². The summed E-state index contributed by atoms with van der Waals surface area (Å²) in [6, 6.07) is 5.47. The van der Waals surface area contributed by atoms with Crippen LogP contribution in [0.2, 0.25) is 0 Å². The number of carbonyl (C=O) groups excluding carboxylic acids is 1. The van der Waals surface area contributed by atoms with Crippen LogP contribution < -0.4 is 4.74 Å². The van der Waals surface area contributed by atoms with Gasteiger partial charge in [-0.2, -0.15) is 0 Å². The molecule has 1 atom stereocenters. The van der Waals surface area contributed by atoms with Gasteiger partial charge in [0.05, 0.1) is 18.6 Å². The standard InChI is InChI=1S/C20H30N4O4/c1-16-5-3-4-8-23(16)20(25)15-22-11-9-21(10-12-22)14-17-6-7-19(28-2)18(13-17)24(26)27/h6-7,13,16H,3-5,8-12,14-15H2,1-2H3. The lowest BCUT2D eigenvalue weighted by Gasteiger charge is -2.38. The second-order valence-corrected chi connectivity index (χ2v) is 7.75. The molecule has 2 saturated heterocycles. The normalized spacial score (nSPS) is 21.5. The van der Waals surface area contributed by atoms with Gasteiger partial charge < -0.3 is 9.64 Å². The number of benzene rings is 1. The van der Waals surface area contributed by atoms with Crippen LogP contribution in [-0.2, 0) is 11.3 Å². The van der Waals surface area contributed by atoms with E-state index < -0.39 is 4.92 Å². The van der Waals surface area contributed by atoms with Crippen molar-refractivity contribution in [3.8, 4) is 5.75 Å². The zero-order valence-corrected chi connectivity index (χ0v) is 16.8. The molecule has 0 spiro atoms. The summed E-state index contributed by atoms with van der Waals surface area (Å²) >= 11 is 0. The maximum absolute atomic E-state index is 12.6. The van der Waals surface area contributed by atoms with E-state index in [2.05, 4.69) is 16.7 Å². The number of rotatable bonds is 6. The van der Waals surface area contributed by atoms with Gasteiger partial charge in [-0.25, -0.2) is 0 Å². The molecule has 1 unspecified atom stereocenters. The number of piperidine rings is 1. The number of methoxy groups -OCH3 is 1. The molecule has 0 aliphatic carbocycles. The van der Waals surface area contributed by atoms with E-state index >= 15 is 0 Å². The third-order valence-corrected chi connectivity index (χ3v) is 5.79. The van der Waals surface area contributed by atoms with Crippen molar-refractivity contribution in [2.45, 2.75) is 38.8 Å². The van der Waals surface area contributed by atoms with Crippen molar-refractivity contribution in [1.29, 1.82) is 0 Å². The largest absolute Gasteiger partial charge is 0.490 e. The fourth-order valence-electron chi connectivity index (χ4n) is 4.09. The molecular formula is C20H30N4O4. The van der Waals surface area contributed by atoms with Crippen molar-refractivity contribution in [3.63, 3.8) is 0 Å². The fraction of sp³-hybridized carbons (Fsp3) is 0.650. The highest BCUT2D eigenvalue weighted by Gasteiger charge is 2.26. The Morgan fingerprint density at radius 3 is 2.54 bits per heavy atom. The molecule has 0 bridgehead atoms. The topological polar surface area (TPSA) is 79.2 Å². The van der Waals surface area contributed by atoms with E-state index in [4.69, 9.17) is 4.74 Å². The molecule has 2 heterocycles. The molecule has 2 aliphatic rings. The summed E-state index contributed by atoms with van der Waals surface area (Å²) in [5.41, 5.74) is 0.902. The van der Waals surface area contributed by atoms with Crippen LogP contribution in [0.1, 0.15) is 31.7 Å². The summed E-state index contributed by atoms with van der Waals surface area (Å²) in [7, 11) is 1.44. The Labute approximate surface area is 166 Å². The zero-order chi connectivity index (χ0) is 20.1. The first kappa shape index (κ1) is 20.5. The molecule has 1 amide bonds. The lowest BCUT2D eigenvalue weighted by Crippen LogP contribution is -2.51. The Hall–Kier alpha value is -2.19. The molecule has 28 heavy (non-hydrogen) atoms. The number of piperazine rings is 1. The molecule has 2 aliphatic heterocycles. The zero-order valence-electron chi connectivity index (χ0n) is 16.8. The summed E-state index contributed by atoms with van der Waals surface area (Å²) < 4.78 is 5.06. The summed E-state index contributed by atoms with van der Waals surface area (Å²) in [6.45, 7) is 7.56. The number of carbonyl (C=O) groups is 1. The van der Waals surface area contributed by atoms with E-state index in [0.29, 0.717) is 19.1 Å². The number of likely N-dealkylation sites (tertiary alicyclic amines) is 1. The fourth-order valence-corrected chi connectivity index (χ4v) is 4.09. The third-order valence-electron chi connectivity index (χ3n) is 5.79. The Morgan fingerprint density at radius 1 is 1.18 bits per heavy atom. The van der Waals surface area contributed by atoms with Gasteiger partial charge in [-0.3, -0.25) is 24.7 Å². The molecule has 8 nitrogen and oxygen atoms in total. The smallest absolute Gasteiger partial charge is 0.311 e. The minimum atomic E-state index is -0.409. The lowest BCUT2D eigenvalue weighted by molar-refractivity contribution is -0.385. The molecule has 154 valence electrons. The molecule has 0 radical (unpaired) electrons. The van der Waals surface area contributed by atoms with Crippen LogP contribution in [0.5, 0.6) is 5.75 Å². The Kier molecular flexibility index (Phi) is 6.85. The molecule has 1 aromatic rings. The highest BCUT2D eigenvalue weighted by Crippen LogP contribution is 2.28. The molecule has 0 aromatic heterocycles. The molecular weight excluding hydrogens is 360 g/mol. The Balaban J connectivity index is 1.49. The summed E-state index contributed by atoms with van der Waals surface area (Å²) in [5.74, 6) is 0.524. The van der Waals surface area contributed by atoms with Crippen LogP contribution >= 0.6 is 0 Å². The number of hydrogen-bond acceptors (Lipinski definition) is 6. The van der Waals surface area contributed by atoms with Crippen LogP contribution in [0.4, 0.5) is 5.69 Å². The second kappa shape index (κ2) is 9.34. The van der Waals surface area contributed by atoms with Gasteiger partial charge in [-0.15, -0.1) is 0 Å². The van der Waals surface area contributed by atoms with E-state index in [9.17, 15) is 14.9 Å². The van der Waals surface area contributed by atoms with Gasteiger partial charge >= 0.3 is 5.69 Å². The first-order valence-corrected chi connectivity index (χ1v) is 10.0. The molecule has 3 rings (SSSR count). The van der Waals surface area contributed by atoms with Gasteiger partial charge in [-0.05, 0) is 37.8 Å². The summed E-state index contributed by atoms with van der Waals surface area (Å²) in [4.78, 5) is 29.9. The second-order valence-electron chi connectivity index (χ2n) is 7.75. The van der Waals surface area contributed by atoms with E-state index in [1.807, 2.05) is 11.0 Å². The van der Waals surface area contributed by atoms with E-state index in [1.54, 1.807) is 12.1 Å². The molecule has 0 N–H and O–H groups in total. The van der Waals surface area contributed by atoms with Crippen LogP contribution in [0.15, 0.2) is 18.2 Å². The van der Waals surface area contributed by atoms with Gasteiger partial charge in [0.1, 0.15) is 0 Å². The van der Waals surface area contributed by atoms with E-state index in [0.717, 1.165) is 51.1 Å². The SMILES string of the molecule is COc1ccc(CN2CCN(CC(=O)N3CCCCC3C)CC2)cc1[N+](=O)[O-]. The maximum Gasteiger partial charge on any atom is 0.311 e. The molecule has 2 fully saturated rings. The average molecular weight is 390 g/mol. The average Bonchev–Trinajstić information content (AvgIpc) is 2.69. The van der Waals surface area contributed by atoms with Gasteiger partial charge in [0, 0.05) is 51.4 Å². The predicted octanol–water partition coefficient (Wildman–Crippen LogP) is 2.12. The van der Waals surface area contributed by atoms with Crippen molar-refractivity contribution in [2.24, 2.45) is 0 Å². The van der Waals surface area contributed by atoms with Crippen LogP contribution in [0.3, 0.4) is 0 Å². The molecule has 8 heteroatoms. The summed E-state index contributed by atoms with van der Waals surface area (Å²) in [6.07, 6.45) is 3.43. The maximum atomic E-state index is 12.6. The quantitative estimate of drug-likeness (QED) is 0.547. The number of nitro benzene ring substituents is 1. The van der Waals surface area contributed by atoms with Crippen LogP contribution in [0, 0.1) is 10.1 Å². The van der Waals surface area contributed by atoms with Crippen molar-refractivity contribution < 1.29 is 14.5 Å². The van der Waals surface area contributed by atoms with Crippen molar-refractivity contribution >= 4 is 11.6 Å². The Morgan fingerprint density at radius 2 is 1.89 bits per heavy atom. The minimum absolute atomic E-state index is 0.000107. The van der Waals surface area contributed by atoms with Gasteiger partial charge in [0.15, 0.2) is 5.75 Å². The first-order chi connectivity index (χ1) is 13.5. The number of amides is 1. The highest BCUT2D eigenvalue weighted by atomic mass is 16.6. The minimum Gasteiger partial charge on any atom is -0.490 e. The predicted molar refractivity (Wildman–Crippen MR) is 106 cm³/mol. The van der Waals surface area contributed by atoms with Gasteiger partial charge in [0.2, 0.25) is 5.91 Å². The van der Waals surface area contributed by atoms with Crippen molar-refractivity contribution in [1.82, 2.24) is 14.7 Å². The van der Waals surface area contributed by atoms with Gasteiger partial charge in [-0.1, -0.05) is 6.07 Å². The van der Waals surface area contributed by atoms with E-state index in [1.165, 1.54) is 13.5 Å². The summed E-state index contributed by atoms with van der Waals surface area (Å²) in [5, 5.41) is 11.2. The van der Waals surface area contributed by atoms with Gasteiger partial charge in [0.25, 0.3) is 0 Å².